The maximum atomic E-state index is 12.6. The molecule has 0 radical (unpaired) electrons. The van der Waals surface area contributed by atoms with Gasteiger partial charge >= 0.3 is 0 Å². The van der Waals surface area contributed by atoms with E-state index in [1.165, 1.54) is 19.3 Å². The molecule has 0 unspecified atom stereocenters. The van der Waals surface area contributed by atoms with Crippen molar-refractivity contribution in [2.75, 3.05) is 0 Å². The molecular weight excluding hydrogens is 310 g/mol. The highest BCUT2D eigenvalue weighted by Crippen LogP contribution is 2.20. The van der Waals surface area contributed by atoms with E-state index < -0.39 is 0 Å². The first-order chi connectivity index (χ1) is 12.0. The van der Waals surface area contributed by atoms with Crippen molar-refractivity contribution in [3.63, 3.8) is 0 Å². The van der Waals surface area contributed by atoms with Crippen molar-refractivity contribution in [3.8, 4) is 0 Å². The van der Waals surface area contributed by atoms with Gasteiger partial charge in [-0.15, -0.1) is 0 Å². The molecule has 0 saturated heterocycles. The Morgan fingerprint density at radius 1 is 1.16 bits per heavy atom. The highest BCUT2D eigenvalue weighted by molar-refractivity contribution is 5.92. The third-order valence-electron chi connectivity index (χ3n) is 5.16. The van der Waals surface area contributed by atoms with E-state index in [0.717, 1.165) is 47.3 Å². The van der Waals surface area contributed by atoms with E-state index in [4.69, 9.17) is 0 Å². The molecule has 4 nitrogen and oxygen atoms in total. The summed E-state index contributed by atoms with van der Waals surface area (Å²) in [7, 11) is 0. The van der Waals surface area contributed by atoms with E-state index >= 15 is 0 Å². The summed E-state index contributed by atoms with van der Waals surface area (Å²) in [5.41, 5.74) is 5.91. The molecule has 0 aliphatic heterocycles. The van der Waals surface area contributed by atoms with Gasteiger partial charge in [-0.3, -0.25) is 9.78 Å². The molecule has 25 heavy (non-hydrogen) atoms. The number of hydrogen-bond acceptors (Lipinski definition) is 3. The van der Waals surface area contributed by atoms with Crippen molar-refractivity contribution in [2.45, 2.75) is 65.3 Å². The van der Waals surface area contributed by atoms with E-state index in [0.29, 0.717) is 11.7 Å². The van der Waals surface area contributed by atoms with Crippen LogP contribution < -0.4 is 5.32 Å². The van der Waals surface area contributed by atoms with Crippen LogP contribution in [0, 0.1) is 20.8 Å². The Bertz CT molecular complexity index is 746. The van der Waals surface area contributed by atoms with Crippen molar-refractivity contribution in [3.05, 3.63) is 58.2 Å². The number of carbonyl (C=O) groups excluding carboxylic acids is 1. The summed E-state index contributed by atoms with van der Waals surface area (Å²) in [6, 6.07) is 6.36. The summed E-state index contributed by atoms with van der Waals surface area (Å²) >= 11 is 0. The molecule has 1 N–H and O–H groups in total. The number of hydrogen-bond donors (Lipinski definition) is 1. The molecule has 132 valence electrons. The molecule has 1 aliphatic rings. The monoisotopic (exact) mass is 337 g/mol. The molecule has 0 aromatic carbocycles. The molecule has 4 heteroatoms. The van der Waals surface area contributed by atoms with E-state index in [1.54, 1.807) is 0 Å². The predicted octanol–water partition coefficient (Wildman–Crippen LogP) is 4.06. The zero-order chi connectivity index (χ0) is 17.8. The zero-order valence-corrected chi connectivity index (χ0v) is 15.4. The topological polar surface area (TPSA) is 54.9 Å². The second-order valence-electron chi connectivity index (χ2n) is 7.17. The number of nitrogens with zero attached hydrogens (tertiary/aromatic N) is 2. The third-order valence-corrected chi connectivity index (χ3v) is 5.16. The van der Waals surface area contributed by atoms with Gasteiger partial charge in [-0.25, -0.2) is 4.98 Å². The maximum Gasteiger partial charge on any atom is 0.270 e. The summed E-state index contributed by atoms with van der Waals surface area (Å²) in [6.45, 7) is 6.03. The van der Waals surface area contributed by atoms with E-state index in [1.807, 2.05) is 32.2 Å². The average molecular weight is 337 g/mol. The Hall–Kier alpha value is -2.23. The van der Waals surface area contributed by atoms with Crippen LogP contribution in [0.1, 0.15) is 70.7 Å². The van der Waals surface area contributed by atoms with Gasteiger partial charge in [0, 0.05) is 23.6 Å². The number of amides is 1. The Labute approximate surface area is 150 Å². The lowest BCUT2D eigenvalue weighted by molar-refractivity contribution is 0.0922. The molecule has 0 spiro atoms. The van der Waals surface area contributed by atoms with E-state index in [9.17, 15) is 4.79 Å². The minimum atomic E-state index is -0.0433. The summed E-state index contributed by atoms with van der Waals surface area (Å²) in [5.74, 6) is -0.0433. The van der Waals surface area contributed by atoms with Crippen molar-refractivity contribution in [1.29, 1.82) is 0 Å². The number of aromatic nitrogens is 2. The normalized spacial score (nSPS) is 15.2. The van der Waals surface area contributed by atoms with Gasteiger partial charge in [0.15, 0.2) is 0 Å². The van der Waals surface area contributed by atoms with Crippen LogP contribution in [0.4, 0.5) is 0 Å². The number of carbonyl (C=O) groups is 1. The summed E-state index contributed by atoms with van der Waals surface area (Å²) in [6.07, 6.45) is 8.53. The minimum Gasteiger partial charge on any atom is -0.348 e. The largest absolute Gasteiger partial charge is 0.348 e. The van der Waals surface area contributed by atoms with Gasteiger partial charge in [-0.1, -0.05) is 25.3 Å². The average Bonchev–Trinajstić information content (AvgIpc) is 2.61. The molecule has 1 fully saturated rings. The molecule has 1 amide bonds. The molecule has 2 heterocycles. The van der Waals surface area contributed by atoms with Crippen LogP contribution in [0.3, 0.4) is 0 Å². The third kappa shape index (κ3) is 4.44. The van der Waals surface area contributed by atoms with Crippen LogP contribution >= 0.6 is 0 Å². The first-order valence-corrected chi connectivity index (χ1v) is 9.22. The number of pyridine rings is 2. The predicted molar refractivity (Wildman–Crippen MR) is 99.8 cm³/mol. The quantitative estimate of drug-likeness (QED) is 0.915. The van der Waals surface area contributed by atoms with Crippen LogP contribution in [0.2, 0.25) is 0 Å². The molecule has 2 aromatic rings. The summed E-state index contributed by atoms with van der Waals surface area (Å²) < 4.78 is 0. The zero-order valence-electron chi connectivity index (χ0n) is 15.4. The highest BCUT2D eigenvalue weighted by atomic mass is 16.1. The highest BCUT2D eigenvalue weighted by Gasteiger charge is 2.19. The number of nitrogens with one attached hydrogen (secondary N) is 1. The Kier molecular flexibility index (Phi) is 5.47. The Balaban J connectivity index is 1.79. The number of aryl methyl sites for hydroxylation is 2. The molecular formula is C21H27N3O. The van der Waals surface area contributed by atoms with Crippen LogP contribution in [-0.2, 0) is 6.42 Å². The Morgan fingerprint density at radius 3 is 2.60 bits per heavy atom. The van der Waals surface area contributed by atoms with E-state index in [-0.39, 0.29) is 5.91 Å². The lowest BCUT2D eigenvalue weighted by atomic mass is 9.95. The standard InChI is InChI=1S/C21H27N3O/c1-14-9-10-17(13-22-14)11-18-12-20(23-16(3)15(18)2)21(25)24-19-7-5-4-6-8-19/h9-10,12-13,19H,4-8,11H2,1-3H3,(H,24,25). The van der Waals surface area contributed by atoms with Crippen molar-refractivity contribution < 1.29 is 4.79 Å². The lowest BCUT2D eigenvalue weighted by Crippen LogP contribution is -2.36. The van der Waals surface area contributed by atoms with E-state index in [2.05, 4.69) is 28.3 Å². The van der Waals surface area contributed by atoms with Gasteiger partial charge in [-0.05, 0) is 68.9 Å². The van der Waals surface area contributed by atoms with Crippen LogP contribution in [0.25, 0.3) is 0 Å². The molecule has 3 rings (SSSR count). The van der Waals surface area contributed by atoms with Crippen LogP contribution in [0.5, 0.6) is 0 Å². The molecule has 0 bridgehead atoms. The fourth-order valence-electron chi connectivity index (χ4n) is 3.43. The van der Waals surface area contributed by atoms with Gasteiger partial charge < -0.3 is 5.32 Å². The molecule has 0 atom stereocenters. The first-order valence-electron chi connectivity index (χ1n) is 9.22. The summed E-state index contributed by atoms with van der Waals surface area (Å²) in [4.78, 5) is 21.5. The van der Waals surface area contributed by atoms with Gasteiger partial charge in [0.2, 0.25) is 0 Å². The lowest BCUT2D eigenvalue weighted by Gasteiger charge is -2.23. The maximum absolute atomic E-state index is 12.6. The van der Waals surface area contributed by atoms with Gasteiger partial charge in [0.25, 0.3) is 5.91 Å². The minimum absolute atomic E-state index is 0.0433. The smallest absolute Gasteiger partial charge is 0.270 e. The van der Waals surface area contributed by atoms with Crippen molar-refractivity contribution in [2.24, 2.45) is 0 Å². The Morgan fingerprint density at radius 2 is 1.92 bits per heavy atom. The molecule has 1 aliphatic carbocycles. The number of rotatable bonds is 4. The van der Waals surface area contributed by atoms with Gasteiger partial charge in [-0.2, -0.15) is 0 Å². The van der Waals surface area contributed by atoms with Gasteiger partial charge in [0.1, 0.15) is 5.69 Å². The van der Waals surface area contributed by atoms with Crippen molar-refractivity contribution >= 4 is 5.91 Å². The fraction of sp³-hybridized carbons (Fsp3) is 0.476. The second kappa shape index (κ2) is 7.77. The van der Waals surface area contributed by atoms with Crippen molar-refractivity contribution in [1.82, 2.24) is 15.3 Å². The van der Waals surface area contributed by atoms with Crippen LogP contribution in [-0.4, -0.2) is 21.9 Å². The first kappa shape index (κ1) is 17.6. The second-order valence-corrected chi connectivity index (χ2v) is 7.17. The van der Waals surface area contributed by atoms with Crippen LogP contribution in [0.15, 0.2) is 24.4 Å². The van der Waals surface area contributed by atoms with Gasteiger partial charge in [0.05, 0.1) is 0 Å². The fourth-order valence-corrected chi connectivity index (χ4v) is 3.43. The molecule has 1 saturated carbocycles. The SMILES string of the molecule is Cc1ccc(Cc2cc(C(=O)NC3CCCCC3)nc(C)c2C)cn1. The summed E-state index contributed by atoms with van der Waals surface area (Å²) in [5, 5.41) is 3.17. The molecule has 2 aromatic heterocycles.